The molecule has 0 bridgehead atoms. The average Bonchev–Trinajstić information content (AvgIpc) is 2.85. The lowest BCUT2D eigenvalue weighted by Crippen LogP contribution is -2.37. The van der Waals surface area contributed by atoms with Crippen LogP contribution in [0.2, 0.25) is 0 Å². The minimum Gasteiger partial charge on any atom is -0.381 e. The van der Waals surface area contributed by atoms with E-state index in [0.29, 0.717) is 12.1 Å². The lowest BCUT2D eigenvalue weighted by Gasteiger charge is -2.33. The monoisotopic (exact) mass is 433 g/mol. The first-order valence-electron chi connectivity index (χ1n) is 11.7. The van der Waals surface area contributed by atoms with E-state index in [1.54, 1.807) is 0 Å². The van der Waals surface area contributed by atoms with E-state index in [0.717, 1.165) is 92.3 Å². The predicted molar refractivity (Wildman–Crippen MR) is 127 cm³/mol. The average molecular weight is 434 g/mol. The zero-order chi connectivity index (χ0) is 21.8. The number of rotatable bonds is 6. The van der Waals surface area contributed by atoms with E-state index in [-0.39, 0.29) is 0 Å². The number of pyridine rings is 3. The number of fused-ring (bicyclic) bond motifs is 1. The summed E-state index contributed by atoms with van der Waals surface area (Å²) in [6.07, 6.45) is 10.1. The molecule has 0 aliphatic carbocycles. The van der Waals surface area contributed by atoms with Crippen molar-refractivity contribution in [2.45, 2.75) is 44.8 Å². The minimum absolute atomic E-state index is 0.353. The second-order valence-corrected chi connectivity index (χ2v) is 8.53. The van der Waals surface area contributed by atoms with Crippen LogP contribution >= 0.6 is 0 Å². The summed E-state index contributed by atoms with van der Waals surface area (Å²) >= 11 is 0. The summed E-state index contributed by atoms with van der Waals surface area (Å²) in [6, 6.07) is 8.74. The summed E-state index contributed by atoms with van der Waals surface area (Å²) < 4.78 is 11.3. The van der Waals surface area contributed by atoms with Crippen molar-refractivity contribution in [3.05, 3.63) is 42.9 Å². The van der Waals surface area contributed by atoms with Gasteiger partial charge in [-0.1, -0.05) is 0 Å². The van der Waals surface area contributed by atoms with Gasteiger partial charge in [0.15, 0.2) is 0 Å². The lowest BCUT2D eigenvalue weighted by molar-refractivity contribution is 0.0459. The van der Waals surface area contributed by atoms with Crippen molar-refractivity contribution in [2.75, 3.05) is 43.1 Å². The lowest BCUT2D eigenvalue weighted by atomic mass is 10.1. The first-order chi connectivity index (χ1) is 15.8. The minimum atomic E-state index is 0.353. The Balaban J connectivity index is 1.44. The van der Waals surface area contributed by atoms with Crippen LogP contribution in [0.15, 0.2) is 42.9 Å². The van der Waals surface area contributed by atoms with Gasteiger partial charge in [0.05, 0.1) is 11.8 Å². The highest BCUT2D eigenvalue weighted by atomic mass is 16.5. The van der Waals surface area contributed by atoms with Gasteiger partial charge in [0.2, 0.25) is 0 Å². The summed E-state index contributed by atoms with van der Waals surface area (Å²) in [5.74, 6) is 1.92. The molecule has 0 radical (unpaired) electrons. The summed E-state index contributed by atoms with van der Waals surface area (Å²) in [4.78, 5) is 16.4. The third kappa shape index (κ3) is 4.69. The molecule has 7 nitrogen and oxygen atoms in total. The van der Waals surface area contributed by atoms with E-state index in [1.165, 1.54) is 0 Å². The number of piperidine rings is 1. The van der Waals surface area contributed by atoms with Crippen molar-refractivity contribution < 1.29 is 9.47 Å². The van der Waals surface area contributed by atoms with Crippen molar-refractivity contribution >= 4 is 22.4 Å². The summed E-state index contributed by atoms with van der Waals surface area (Å²) in [5, 5.41) is 5.82. The SMILES string of the molecule is CCOC1CCN(c2nc(-c3ccnc(NC4CCOCC4)c3)cc3cnccc23)CC1. The van der Waals surface area contributed by atoms with Crippen LogP contribution < -0.4 is 10.2 Å². The molecule has 7 heteroatoms. The first-order valence-corrected chi connectivity index (χ1v) is 11.7. The van der Waals surface area contributed by atoms with E-state index >= 15 is 0 Å². The molecule has 3 aromatic rings. The molecule has 0 atom stereocenters. The van der Waals surface area contributed by atoms with Gasteiger partial charge in [0.1, 0.15) is 11.6 Å². The van der Waals surface area contributed by atoms with Crippen LogP contribution in [0.3, 0.4) is 0 Å². The van der Waals surface area contributed by atoms with Crippen molar-refractivity contribution in [1.29, 1.82) is 0 Å². The maximum absolute atomic E-state index is 5.84. The van der Waals surface area contributed by atoms with Gasteiger partial charge in [-0.05, 0) is 56.9 Å². The fourth-order valence-electron chi connectivity index (χ4n) is 4.66. The zero-order valence-corrected chi connectivity index (χ0v) is 18.7. The van der Waals surface area contributed by atoms with E-state index in [1.807, 2.05) is 24.7 Å². The summed E-state index contributed by atoms with van der Waals surface area (Å²) in [6.45, 7) is 6.36. The number of aromatic nitrogens is 3. The summed E-state index contributed by atoms with van der Waals surface area (Å²) in [7, 11) is 0. The van der Waals surface area contributed by atoms with E-state index in [9.17, 15) is 0 Å². The molecular weight excluding hydrogens is 402 g/mol. The fraction of sp³-hybridized carbons (Fsp3) is 0.480. The number of nitrogens with one attached hydrogen (secondary N) is 1. The number of ether oxygens (including phenoxy) is 2. The van der Waals surface area contributed by atoms with Gasteiger partial charge in [-0.3, -0.25) is 4.98 Å². The smallest absolute Gasteiger partial charge is 0.137 e. The molecule has 168 valence electrons. The highest BCUT2D eigenvalue weighted by Gasteiger charge is 2.22. The van der Waals surface area contributed by atoms with E-state index in [4.69, 9.17) is 14.5 Å². The maximum atomic E-state index is 5.84. The second kappa shape index (κ2) is 9.79. The molecule has 5 heterocycles. The Hall–Kier alpha value is -2.77. The molecule has 1 N–H and O–H groups in total. The van der Waals surface area contributed by atoms with Crippen LogP contribution in [-0.4, -0.2) is 60.0 Å². The molecule has 0 amide bonds. The Bertz CT molecular complexity index is 1050. The Morgan fingerprint density at radius 2 is 1.94 bits per heavy atom. The molecule has 2 aliphatic heterocycles. The molecule has 3 aromatic heterocycles. The van der Waals surface area contributed by atoms with Crippen LogP contribution in [0.4, 0.5) is 11.6 Å². The molecule has 2 fully saturated rings. The zero-order valence-electron chi connectivity index (χ0n) is 18.7. The third-order valence-corrected chi connectivity index (χ3v) is 6.38. The Kier molecular flexibility index (Phi) is 6.46. The molecule has 0 spiro atoms. The molecular formula is C25H31N5O2. The third-order valence-electron chi connectivity index (χ3n) is 6.38. The standard InChI is InChI=1S/C25H31N5O2/c1-2-32-21-5-11-30(12-6-21)25-22-4-9-26-17-19(22)15-23(29-25)18-3-10-27-24(16-18)28-20-7-13-31-14-8-20/h3-4,9-10,15-17,20-21H,2,5-8,11-14H2,1H3,(H,27,28). The van der Waals surface area contributed by atoms with E-state index in [2.05, 4.69) is 45.3 Å². The van der Waals surface area contributed by atoms with Gasteiger partial charge in [-0.2, -0.15) is 0 Å². The van der Waals surface area contributed by atoms with Gasteiger partial charge in [0.25, 0.3) is 0 Å². The van der Waals surface area contributed by atoms with Crippen LogP contribution in [0.5, 0.6) is 0 Å². The first kappa shape index (κ1) is 21.1. The normalized spacial score (nSPS) is 18.2. The van der Waals surface area contributed by atoms with Gasteiger partial charge in [0, 0.05) is 73.9 Å². The Labute approximate surface area is 189 Å². The molecule has 0 unspecified atom stereocenters. The largest absolute Gasteiger partial charge is 0.381 e. The number of nitrogens with zero attached hydrogens (tertiary/aromatic N) is 4. The van der Waals surface area contributed by atoms with Crippen molar-refractivity contribution in [1.82, 2.24) is 15.0 Å². The summed E-state index contributed by atoms with van der Waals surface area (Å²) in [5.41, 5.74) is 2.01. The Morgan fingerprint density at radius 3 is 2.75 bits per heavy atom. The highest BCUT2D eigenvalue weighted by molar-refractivity contribution is 5.94. The highest BCUT2D eigenvalue weighted by Crippen LogP contribution is 2.32. The topological polar surface area (TPSA) is 72.4 Å². The number of hydrogen-bond acceptors (Lipinski definition) is 7. The fourth-order valence-corrected chi connectivity index (χ4v) is 4.66. The number of hydrogen-bond donors (Lipinski definition) is 1. The van der Waals surface area contributed by atoms with Crippen LogP contribution in [-0.2, 0) is 9.47 Å². The van der Waals surface area contributed by atoms with Gasteiger partial charge < -0.3 is 19.7 Å². The molecule has 0 aromatic carbocycles. The quantitative estimate of drug-likeness (QED) is 0.622. The molecule has 32 heavy (non-hydrogen) atoms. The van der Waals surface area contributed by atoms with Crippen molar-refractivity contribution in [3.63, 3.8) is 0 Å². The molecule has 2 saturated heterocycles. The molecule has 2 aliphatic rings. The maximum Gasteiger partial charge on any atom is 0.137 e. The van der Waals surface area contributed by atoms with Gasteiger partial charge in [-0.15, -0.1) is 0 Å². The van der Waals surface area contributed by atoms with E-state index < -0.39 is 0 Å². The predicted octanol–water partition coefficient (Wildman–Crippen LogP) is 4.29. The Morgan fingerprint density at radius 1 is 1.09 bits per heavy atom. The van der Waals surface area contributed by atoms with Crippen LogP contribution in [0.25, 0.3) is 22.0 Å². The van der Waals surface area contributed by atoms with Gasteiger partial charge >= 0.3 is 0 Å². The molecule has 0 saturated carbocycles. The molecule has 5 rings (SSSR count). The second-order valence-electron chi connectivity index (χ2n) is 8.53. The van der Waals surface area contributed by atoms with Crippen molar-refractivity contribution in [3.8, 4) is 11.3 Å². The number of anilines is 2. The van der Waals surface area contributed by atoms with Crippen LogP contribution in [0.1, 0.15) is 32.6 Å². The van der Waals surface area contributed by atoms with Gasteiger partial charge in [-0.25, -0.2) is 9.97 Å². The van der Waals surface area contributed by atoms with Crippen molar-refractivity contribution in [2.24, 2.45) is 0 Å². The van der Waals surface area contributed by atoms with Crippen LogP contribution in [0, 0.1) is 0 Å².